The van der Waals surface area contributed by atoms with Crippen molar-refractivity contribution in [1.82, 2.24) is 0 Å². The molecule has 1 aliphatic heterocycles. The molecular weight excluding hydrogens is 198 g/mol. The van der Waals surface area contributed by atoms with Gasteiger partial charge in [-0.25, -0.2) is 0 Å². The SMILES string of the molecule is C[N+]1([C@H]2CC[C@@H]3CC[C@H]2[C@@H]3O)CCCCC1. The van der Waals surface area contributed by atoms with Crippen LogP contribution in [-0.4, -0.2) is 41.9 Å². The second-order valence-electron chi connectivity index (χ2n) is 6.62. The van der Waals surface area contributed by atoms with Crippen LogP contribution in [-0.2, 0) is 0 Å². The van der Waals surface area contributed by atoms with Crippen molar-refractivity contribution in [3.8, 4) is 0 Å². The molecule has 1 heterocycles. The molecule has 0 unspecified atom stereocenters. The second kappa shape index (κ2) is 3.99. The lowest BCUT2D eigenvalue weighted by Crippen LogP contribution is -2.60. The first kappa shape index (κ1) is 11.0. The summed E-state index contributed by atoms with van der Waals surface area (Å²) in [4.78, 5) is 0. The number of hydrogen-bond donors (Lipinski definition) is 1. The third-order valence-electron chi connectivity index (χ3n) is 5.76. The Hall–Kier alpha value is -0.0800. The van der Waals surface area contributed by atoms with E-state index in [4.69, 9.17) is 0 Å². The maximum absolute atomic E-state index is 10.3. The third-order valence-corrected chi connectivity index (χ3v) is 5.76. The van der Waals surface area contributed by atoms with Gasteiger partial charge in [-0.15, -0.1) is 0 Å². The van der Waals surface area contributed by atoms with E-state index < -0.39 is 0 Å². The zero-order chi connectivity index (χ0) is 11.2. The third kappa shape index (κ3) is 1.62. The van der Waals surface area contributed by atoms with Crippen molar-refractivity contribution in [2.75, 3.05) is 20.1 Å². The largest absolute Gasteiger partial charge is 0.392 e. The van der Waals surface area contributed by atoms with Crippen molar-refractivity contribution in [2.24, 2.45) is 11.8 Å². The summed E-state index contributed by atoms with van der Waals surface area (Å²) in [7, 11) is 2.45. The van der Waals surface area contributed by atoms with Crippen LogP contribution in [0.4, 0.5) is 0 Å². The van der Waals surface area contributed by atoms with Gasteiger partial charge >= 0.3 is 0 Å². The van der Waals surface area contributed by atoms with Crippen molar-refractivity contribution in [3.05, 3.63) is 0 Å². The van der Waals surface area contributed by atoms with Crippen LogP contribution >= 0.6 is 0 Å². The highest BCUT2D eigenvalue weighted by Gasteiger charge is 2.50. The van der Waals surface area contributed by atoms with Gasteiger partial charge in [0.05, 0.1) is 32.3 Å². The maximum Gasteiger partial charge on any atom is 0.0941 e. The van der Waals surface area contributed by atoms with Crippen LogP contribution in [0, 0.1) is 11.8 Å². The first-order chi connectivity index (χ1) is 7.71. The quantitative estimate of drug-likeness (QED) is 0.677. The van der Waals surface area contributed by atoms with Crippen LogP contribution in [0.5, 0.6) is 0 Å². The molecule has 0 aromatic heterocycles. The molecule has 3 rings (SSSR count). The first-order valence-corrected chi connectivity index (χ1v) is 7.23. The summed E-state index contributed by atoms with van der Waals surface area (Å²) in [5, 5.41) is 10.3. The Morgan fingerprint density at radius 1 is 0.938 bits per heavy atom. The summed E-state index contributed by atoms with van der Waals surface area (Å²) in [6.45, 7) is 2.72. The van der Waals surface area contributed by atoms with Gasteiger partial charge in [-0.3, -0.25) is 0 Å². The standard InChI is InChI=1S/C14H26NO/c1-15(9-3-2-4-10-15)13-8-6-11-5-7-12(13)14(11)16/h11-14,16H,2-10H2,1H3/q+1/t11-,12+,13-,14+/m0/s1. The molecule has 3 aliphatic rings. The van der Waals surface area contributed by atoms with E-state index in [9.17, 15) is 5.11 Å². The van der Waals surface area contributed by atoms with E-state index in [1.165, 1.54) is 62.5 Å². The average molecular weight is 224 g/mol. The van der Waals surface area contributed by atoms with Gasteiger partial charge in [0.2, 0.25) is 0 Å². The summed E-state index contributed by atoms with van der Waals surface area (Å²) in [6, 6.07) is 0.772. The van der Waals surface area contributed by atoms with E-state index in [2.05, 4.69) is 7.05 Å². The number of aliphatic hydroxyl groups is 1. The number of piperidine rings is 1. The molecule has 4 atom stereocenters. The van der Waals surface area contributed by atoms with Crippen LogP contribution in [0.25, 0.3) is 0 Å². The topological polar surface area (TPSA) is 20.2 Å². The lowest BCUT2D eigenvalue weighted by atomic mass is 9.80. The monoisotopic (exact) mass is 224 g/mol. The number of fused-ring (bicyclic) bond motifs is 2. The molecule has 0 radical (unpaired) electrons. The molecule has 1 N–H and O–H groups in total. The van der Waals surface area contributed by atoms with Gasteiger partial charge in [0.25, 0.3) is 0 Å². The minimum Gasteiger partial charge on any atom is -0.392 e. The fourth-order valence-corrected chi connectivity index (χ4v) is 4.77. The Balaban J connectivity index is 1.78. The van der Waals surface area contributed by atoms with Gasteiger partial charge in [0.15, 0.2) is 0 Å². The molecule has 0 amide bonds. The van der Waals surface area contributed by atoms with Crippen LogP contribution in [0.2, 0.25) is 0 Å². The van der Waals surface area contributed by atoms with E-state index >= 15 is 0 Å². The van der Waals surface area contributed by atoms with E-state index in [-0.39, 0.29) is 6.10 Å². The molecular formula is C14H26NO+. The van der Waals surface area contributed by atoms with Crippen LogP contribution in [0.1, 0.15) is 44.9 Å². The van der Waals surface area contributed by atoms with E-state index in [1.54, 1.807) is 0 Å². The van der Waals surface area contributed by atoms with Crippen molar-refractivity contribution < 1.29 is 9.59 Å². The molecule has 16 heavy (non-hydrogen) atoms. The van der Waals surface area contributed by atoms with Crippen molar-refractivity contribution in [2.45, 2.75) is 57.1 Å². The fourth-order valence-electron chi connectivity index (χ4n) is 4.77. The number of nitrogens with zero attached hydrogens (tertiary/aromatic N) is 1. The number of aliphatic hydroxyl groups excluding tert-OH is 1. The molecule has 1 saturated heterocycles. The summed E-state index contributed by atoms with van der Waals surface area (Å²) in [5.41, 5.74) is 0. The molecule has 2 heteroatoms. The zero-order valence-corrected chi connectivity index (χ0v) is 10.6. The number of hydrogen-bond acceptors (Lipinski definition) is 1. The second-order valence-corrected chi connectivity index (χ2v) is 6.62. The highest BCUT2D eigenvalue weighted by Crippen LogP contribution is 2.46. The van der Waals surface area contributed by atoms with E-state index in [0.29, 0.717) is 11.8 Å². The van der Waals surface area contributed by atoms with Gasteiger partial charge in [0.1, 0.15) is 0 Å². The number of rotatable bonds is 1. The predicted molar refractivity (Wildman–Crippen MR) is 65.0 cm³/mol. The predicted octanol–water partition coefficient (Wildman–Crippen LogP) is 2.17. The fraction of sp³-hybridized carbons (Fsp3) is 1.00. The Labute approximate surface area is 99.2 Å². The lowest BCUT2D eigenvalue weighted by Gasteiger charge is -2.49. The van der Waals surface area contributed by atoms with Crippen molar-refractivity contribution in [1.29, 1.82) is 0 Å². The first-order valence-electron chi connectivity index (χ1n) is 7.23. The highest BCUT2D eigenvalue weighted by atomic mass is 16.3. The van der Waals surface area contributed by atoms with Gasteiger partial charge in [-0.05, 0) is 44.4 Å². The summed E-state index contributed by atoms with van der Waals surface area (Å²) < 4.78 is 1.27. The maximum atomic E-state index is 10.3. The van der Waals surface area contributed by atoms with Gasteiger partial charge in [-0.1, -0.05) is 0 Å². The summed E-state index contributed by atoms with van der Waals surface area (Å²) in [6.07, 6.45) is 9.52. The summed E-state index contributed by atoms with van der Waals surface area (Å²) in [5.74, 6) is 1.28. The van der Waals surface area contributed by atoms with Crippen LogP contribution in [0.3, 0.4) is 0 Å². The lowest BCUT2D eigenvalue weighted by molar-refractivity contribution is -0.942. The number of likely N-dealkylation sites (tertiary alicyclic amines) is 1. The van der Waals surface area contributed by atoms with Gasteiger partial charge < -0.3 is 9.59 Å². The summed E-state index contributed by atoms with van der Waals surface area (Å²) >= 11 is 0. The normalized spacial score (nSPS) is 46.9. The molecule has 0 spiro atoms. The Kier molecular flexibility index (Phi) is 2.75. The highest BCUT2D eigenvalue weighted by molar-refractivity contribution is 4.94. The van der Waals surface area contributed by atoms with Gasteiger partial charge in [-0.2, -0.15) is 0 Å². The van der Waals surface area contributed by atoms with Crippen molar-refractivity contribution in [3.63, 3.8) is 0 Å². The molecule has 2 bridgehead atoms. The smallest absolute Gasteiger partial charge is 0.0941 e. The van der Waals surface area contributed by atoms with E-state index in [1.807, 2.05) is 0 Å². The van der Waals surface area contributed by atoms with Gasteiger partial charge in [0, 0.05) is 12.3 Å². The molecule has 3 fully saturated rings. The Bertz CT molecular complexity index is 259. The number of quaternary nitrogens is 1. The minimum absolute atomic E-state index is 0.0376. The Morgan fingerprint density at radius 3 is 2.38 bits per heavy atom. The molecule has 2 aliphatic carbocycles. The molecule has 2 saturated carbocycles. The minimum atomic E-state index is 0.0376. The zero-order valence-electron chi connectivity index (χ0n) is 10.6. The molecule has 0 aromatic carbocycles. The van der Waals surface area contributed by atoms with Crippen LogP contribution in [0.15, 0.2) is 0 Å². The average Bonchev–Trinajstić information content (AvgIpc) is 2.53. The Morgan fingerprint density at radius 2 is 1.62 bits per heavy atom. The van der Waals surface area contributed by atoms with Crippen molar-refractivity contribution >= 4 is 0 Å². The van der Waals surface area contributed by atoms with E-state index in [0.717, 1.165) is 6.04 Å². The molecule has 92 valence electrons. The van der Waals surface area contributed by atoms with Crippen LogP contribution < -0.4 is 0 Å². The molecule has 0 aromatic rings. The molecule has 2 nitrogen and oxygen atoms in total.